The first-order valence-corrected chi connectivity index (χ1v) is 5.55. The van der Waals surface area contributed by atoms with Gasteiger partial charge in [0.2, 0.25) is 17.2 Å². The van der Waals surface area contributed by atoms with Crippen LogP contribution in [-0.4, -0.2) is 22.1 Å². The maximum absolute atomic E-state index is 5.69. The van der Waals surface area contributed by atoms with Gasteiger partial charge >= 0.3 is 0 Å². The van der Waals surface area contributed by atoms with Gasteiger partial charge in [-0.05, 0) is 42.3 Å². The largest absolute Gasteiger partial charge is 0.496 e. The van der Waals surface area contributed by atoms with E-state index in [1.165, 1.54) is 0 Å². The van der Waals surface area contributed by atoms with Gasteiger partial charge in [-0.25, -0.2) is 0 Å². The van der Waals surface area contributed by atoms with Crippen molar-refractivity contribution in [1.82, 2.24) is 15.0 Å². The van der Waals surface area contributed by atoms with Gasteiger partial charge in [-0.1, -0.05) is 0 Å². The van der Waals surface area contributed by atoms with Gasteiger partial charge in [0.1, 0.15) is 5.75 Å². The highest BCUT2D eigenvalue weighted by Crippen LogP contribution is 2.23. The maximum atomic E-state index is 5.69. The van der Waals surface area contributed by atoms with E-state index in [0.717, 1.165) is 17.0 Å². The van der Waals surface area contributed by atoms with Gasteiger partial charge < -0.3 is 15.8 Å². The first-order chi connectivity index (χ1) is 8.58. The molecule has 7 heteroatoms. The molecule has 1 aromatic heterocycles. The number of aryl methyl sites for hydroxylation is 1. The smallest absolute Gasteiger partial charge is 0.233 e. The first kappa shape index (κ1) is 12.4. The normalized spacial score (nSPS) is 10.2. The van der Waals surface area contributed by atoms with Gasteiger partial charge in [-0.15, -0.1) is 0 Å². The monoisotopic (exact) mass is 265 g/mol. The molecule has 94 valence electrons. The van der Waals surface area contributed by atoms with Gasteiger partial charge in [-0.2, -0.15) is 15.0 Å². The summed E-state index contributed by atoms with van der Waals surface area (Å²) in [5.74, 6) is 1.19. The maximum Gasteiger partial charge on any atom is 0.233 e. The third kappa shape index (κ3) is 2.78. The van der Waals surface area contributed by atoms with Gasteiger partial charge in [0.25, 0.3) is 0 Å². The molecule has 0 fully saturated rings. The molecule has 0 aliphatic rings. The third-order valence-corrected chi connectivity index (χ3v) is 2.45. The van der Waals surface area contributed by atoms with Crippen LogP contribution in [0.5, 0.6) is 5.75 Å². The lowest BCUT2D eigenvalue weighted by Crippen LogP contribution is -2.03. The van der Waals surface area contributed by atoms with Crippen LogP contribution in [0.3, 0.4) is 0 Å². The lowest BCUT2D eigenvalue weighted by molar-refractivity contribution is 0.412. The van der Waals surface area contributed by atoms with Crippen molar-refractivity contribution in [1.29, 1.82) is 0 Å². The van der Waals surface area contributed by atoms with E-state index in [0.29, 0.717) is 5.95 Å². The summed E-state index contributed by atoms with van der Waals surface area (Å²) in [6.45, 7) is 1.94. The first-order valence-electron chi connectivity index (χ1n) is 5.17. The number of hydrogen-bond donors (Lipinski definition) is 2. The fourth-order valence-electron chi connectivity index (χ4n) is 1.51. The summed E-state index contributed by atoms with van der Waals surface area (Å²) in [5, 5.41) is 3.05. The highest BCUT2D eigenvalue weighted by atomic mass is 35.5. The van der Waals surface area contributed by atoms with Crippen LogP contribution in [0.4, 0.5) is 17.6 Å². The Morgan fingerprint density at radius 1 is 1.28 bits per heavy atom. The van der Waals surface area contributed by atoms with Crippen LogP contribution in [0, 0.1) is 6.92 Å². The number of benzene rings is 1. The molecule has 0 radical (unpaired) electrons. The number of nitrogens with one attached hydrogen (secondary N) is 1. The molecule has 2 aromatic rings. The Kier molecular flexibility index (Phi) is 3.47. The van der Waals surface area contributed by atoms with Gasteiger partial charge in [0, 0.05) is 5.69 Å². The number of nitrogen functional groups attached to an aromatic ring is 1. The lowest BCUT2D eigenvalue weighted by atomic mass is 10.2. The SMILES string of the molecule is COc1ccc(Nc2nc(N)nc(Cl)n2)cc1C. The Bertz CT molecular complexity index is 555. The van der Waals surface area contributed by atoms with Crippen molar-refractivity contribution in [3.05, 3.63) is 29.0 Å². The van der Waals surface area contributed by atoms with Gasteiger partial charge in [0.05, 0.1) is 7.11 Å². The molecule has 0 spiro atoms. The molecule has 0 atom stereocenters. The number of nitrogens with two attached hydrogens (primary N) is 1. The molecule has 0 aliphatic carbocycles. The van der Waals surface area contributed by atoms with Crippen LogP contribution in [0.2, 0.25) is 5.28 Å². The van der Waals surface area contributed by atoms with Crippen LogP contribution >= 0.6 is 11.6 Å². The predicted molar refractivity (Wildman–Crippen MR) is 70.3 cm³/mol. The molecule has 3 N–H and O–H groups in total. The Morgan fingerprint density at radius 2 is 2.06 bits per heavy atom. The zero-order chi connectivity index (χ0) is 13.1. The highest BCUT2D eigenvalue weighted by molar-refractivity contribution is 6.28. The van der Waals surface area contributed by atoms with Crippen molar-refractivity contribution in [2.75, 3.05) is 18.2 Å². The molecule has 1 heterocycles. The van der Waals surface area contributed by atoms with Crippen LogP contribution < -0.4 is 15.8 Å². The van der Waals surface area contributed by atoms with Crippen LogP contribution in [0.1, 0.15) is 5.56 Å². The zero-order valence-corrected chi connectivity index (χ0v) is 10.7. The average molecular weight is 266 g/mol. The highest BCUT2D eigenvalue weighted by Gasteiger charge is 2.04. The number of aromatic nitrogens is 3. The molecule has 0 amide bonds. The fraction of sp³-hybridized carbons (Fsp3) is 0.182. The molecule has 1 aromatic carbocycles. The Balaban J connectivity index is 2.25. The van der Waals surface area contributed by atoms with E-state index < -0.39 is 0 Å². The number of ether oxygens (including phenoxy) is 1. The Morgan fingerprint density at radius 3 is 2.67 bits per heavy atom. The van der Waals surface area contributed by atoms with Crippen molar-refractivity contribution in [2.24, 2.45) is 0 Å². The second kappa shape index (κ2) is 5.05. The van der Waals surface area contributed by atoms with Crippen molar-refractivity contribution in [2.45, 2.75) is 6.92 Å². The molecular formula is C11H12ClN5O. The van der Waals surface area contributed by atoms with E-state index in [1.54, 1.807) is 7.11 Å². The standard InChI is InChI=1S/C11H12ClN5O/c1-6-5-7(3-4-8(6)18-2)14-11-16-9(12)15-10(13)17-11/h3-5H,1-2H3,(H3,13,14,15,16,17). The summed E-state index contributed by atoms with van der Waals surface area (Å²) in [4.78, 5) is 11.5. The summed E-state index contributed by atoms with van der Waals surface area (Å²) in [6, 6.07) is 5.61. The number of methoxy groups -OCH3 is 1. The fourth-order valence-corrected chi connectivity index (χ4v) is 1.67. The summed E-state index contributed by atoms with van der Waals surface area (Å²) in [5.41, 5.74) is 7.29. The molecule has 6 nitrogen and oxygen atoms in total. The summed E-state index contributed by atoms with van der Waals surface area (Å²) in [6.07, 6.45) is 0. The number of hydrogen-bond acceptors (Lipinski definition) is 6. The quantitative estimate of drug-likeness (QED) is 0.885. The molecule has 0 saturated heterocycles. The van der Waals surface area contributed by atoms with E-state index >= 15 is 0 Å². The van der Waals surface area contributed by atoms with Crippen molar-refractivity contribution in [3.63, 3.8) is 0 Å². The third-order valence-electron chi connectivity index (χ3n) is 2.28. The predicted octanol–water partition coefficient (Wildman–Crippen LogP) is 2.17. The Hall–Kier alpha value is -2.08. The minimum atomic E-state index is 0.0511. The van der Waals surface area contributed by atoms with E-state index in [2.05, 4.69) is 20.3 Å². The molecule has 18 heavy (non-hydrogen) atoms. The van der Waals surface area contributed by atoms with Crippen LogP contribution in [-0.2, 0) is 0 Å². The minimum Gasteiger partial charge on any atom is -0.496 e. The molecule has 0 saturated carbocycles. The van der Waals surface area contributed by atoms with E-state index in [-0.39, 0.29) is 11.2 Å². The molecule has 0 bridgehead atoms. The van der Waals surface area contributed by atoms with Crippen molar-refractivity contribution >= 4 is 29.2 Å². The second-order valence-corrected chi connectivity index (χ2v) is 3.93. The van der Waals surface area contributed by atoms with E-state index in [1.807, 2.05) is 25.1 Å². The van der Waals surface area contributed by atoms with E-state index in [9.17, 15) is 0 Å². The molecule has 2 rings (SSSR count). The number of nitrogens with zero attached hydrogens (tertiary/aromatic N) is 3. The van der Waals surface area contributed by atoms with Crippen LogP contribution in [0.25, 0.3) is 0 Å². The second-order valence-electron chi connectivity index (χ2n) is 3.60. The van der Waals surface area contributed by atoms with Crippen molar-refractivity contribution < 1.29 is 4.74 Å². The number of anilines is 3. The average Bonchev–Trinajstić information content (AvgIpc) is 2.27. The summed E-state index contributed by atoms with van der Waals surface area (Å²) >= 11 is 5.69. The Labute approximate surface area is 109 Å². The topological polar surface area (TPSA) is 86.0 Å². The van der Waals surface area contributed by atoms with Crippen LogP contribution in [0.15, 0.2) is 18.2 Å². The van der Waals surface area contributed by atoms with Crippen molar-refractivity contribution in [3.8, 4) is 5.75 Å². The molecule has 0 unspecified atom stereocenters. The summed E-state index contributed by atoms with van der Waals surface area (Å²) < 4.78 is 5.18. The van der Waals surface area contributed by atoms with E-state index in [4.69, 9.17) is 22.1 Å². The van der Waals surface area contributed by atoms with Gasteiger partial charge in [-0.3, -0.25) is 0 Å². The minimum absolute atomic E-state index is 0.0511. The number of halogens is 1. The number of rotatable bonds is 3. The van der Waals surface area contributed by atoms with Gasteiger partial charge in [0.15, 0.2) is 0 Å². The lowest BCUT2D eigenvalue weighted by Gasteiger charge is -2.08. The molecule has 0 aliphatic heterocycles. The molecular weight excluding hydrogens is 254 g/mol. The summed E-state index contributed by atoms with van der Waals surface area (Å²) in [7, 11) is 1.63. The zero-order valence-electron chi connectivity index (χ0n) is 9.94.